The number of aliphatic hydroxyl groups is 1. The number of halogens is 6. The molecule has 1 unspecified atom stereocenters. The first-order valence-corrected chi connectivity index (χ1v) is 10.4. The van der Waals surface area contributed by atoms with Gasteiger partial charge in [0.15, 0.2) is 5.78 Å². The maximum atomic E-state index is 14.4. The molecule has 4 aliphatic carbocycles. The molecule has 162 valence electrons. The molecule has 6 atom stereocenters. The maximum Gasteiger partial charge on any atom is 0.456 e. The highest BCUT2D eigenvalue weighted by atomic mass is 35.5. The molecular weight excluding hydrogens is 415 g/mol. The van der Waals surface area contributed by atoms with Crippen LogP contribution in [0, 0.1) is 28.6 Å². The van der Waals surface area contributed by atoms with Gasteiger partial charge in [-0.25, -0.2) is 0 Å². The minimum Gasteiger partial charge on any atom is -0.383 e. The van der Waals surface area contributed by atoms with E-state index in [2.05, 4.69) is 0 Å². The third kappa shape index (κ3) is 2.46. The number of alkyl halides is 5. The van der Waals surface area contributed by atoms with Crippen LogP contribution in [0.5, 0.6) is 0 Å². The number of hydrogen-bond acceptors (Lipinski definition) is 2. The number of carbonyl (C=O) groups excluding carboxylic acids is 1. The summed E-state index contributed by atoms with van der Waals surface area (Å²) < 4.78 is 68.4. The first-order chi connectivity index (χ1) is 13.2. The van der Waals surface area contributed by atoms with E-state index in [1.54, 1.807) is 0 Å². The van der Waals surface area contributed by atoms with Crippen molar-refractivity contribution in [2.75, 3.05) is 0 Å². The molecule has 4 aliphatic rings. The van der Waals surface area contributed by atoms with Crippen LogP contribution in [-0.2, 0) is 4.79 Å². The lowest BCUT2D eigenvalue weighted by Gasteiger charge is -2.59. The van der Waals surface area contributed by atoms with Crippen LogP contribution in [0.25, 0.3) is 0 Å². The highest BCUT2D eigenvalue weighted by molar-refractivity contribution is 6.45. The second-order valence-electron chi connectivity index (χ2n) is 9.62. The maximum absolute atomic E-state index is 14.4. The van der Waals surface area contributed by atoms with Crippen molar-refractivity contribution in [2.24, 2.45) is 28.6 Å². The Morgan fingerprint density at radius 3 is 2.31 bits per heavy atom. The number of hydrogen-bond donors (Lipinski definition) is 1. The Bertz CT molecular complexity index is 818. The van der Waals surface area contributed by atoms with Crippen molar-refractivity contribution in [1.29, 1.82) is 0 Å². The fourth-order valence-electron chi connectivity index (χ4n) is 7.05. The van der Waals surface area contributed by atoms with Gasteiger partial charge in [-0.2, -0.15) is 22.0 Å². The zero-order valence-electron chi connectivity index (χ0n) is 16.3. The van der Waals surface area contributed by atoms with Gasteiger partial charge < -0.3 is 5.11 Å². The molecule has 0 radical (unpaired) electrons. The molecular formula is C21H24ClF5O2. The van der Waals surface area contributed by atoms with E-state index >= 15 is 0 Å². The molecule has 29 heavy (non-hydrogen) atoms. The minimum absolute atomic E-state index is 0.00992. The summed E-state index contributed by atoms with van der Waals surface area (Å²) >= 11 is 6.27. The summed E-state index contributed by atoms with van der Waals surface area (Å²) in [5, 5.41) is 11.0. The van der Waals surface area contributed by atoms with E-state index in [1.165, 1.54) is 13.0 Å². The van der Waals surface area contributed by atoms with Gasteiger partial charge in [-0.3, -0.25) is 4.79 Å². The topological polar surface area (TPSA) is 37.3 Å². The van der Waals surface area contributed by atoms with Crippen LogP contribution >= 0.6 is 11.6 Å². The first-order valence-electron chi connectivity index (χ1n) is 10.0. The molecule has 0 aliphatic heterocycles. The molecule has 8 heteroatoms. The lowest BCUT2D eigenvalue weighted by molar-refractivity contribution is -0.363. The predicted molar refractivity (Wildman–Crippen MR) is 97.4 cm³/mol. The summed E-state index contributed by atoms with van der Waals surface area (Å²) in [6, 6.07) is 0. The Morgan fingerprint density at radius 2 is 1.69 bits per heavy atom. The Morgan fingerprint density at radius 1 is 1.07 bits per heavy atom. The molecule has 4 rings (SSSR count). The highest BCUT2D eigenvalue weighted by Gasteiger charge is 2.79. The average molecular weight is 439 g/mol. The van der Waals surface area contributed by atoms with Gasteiger partial charge in [-0.05, 0) is 67.9 Å². The molecule has 3 fully saturated rings. The summed E-state index contributed by atoms with van der Waals surface area (Å²) in [6.07, 6.45) is -1.44. The Hall–Kier alpha value is -0.950. The van der Waals surface area contributed by atoms with E-state index in [4.69, 9.17) is 11.6 Å². The molecule has 0 spiro atoms. The fourth-order valence-corrected chi connectivity index (χ4v) is 7.41. The van der Waals surface area contributed by atoms with Crippen molar-refractivity contribution < 1.29 is 31.9 Å². The minimum atomic E-state index is -5.80. The summed E-state index contributed by atoms with van der Waals surface area (Å²) in [5.41, 5.74) is -4.31. The zero-order chi connectivity index (χ0) is 21.6. The summed E-state index contributed by atoms with van der Waals surface area (Å²) in [6.45, 7) is 3.38. The Balaban J connectivity index is 1.73. The van der Waals surface area contributed by atoms with Crippen LogP contribution in [0.3, 0.4) is 0 Å². The van der Waals surface area contributed by atoms with Crippen LogP contribution in [0.2, 0.25) is 0 Å². The van der Waals surface area contributed by atoms with Crippen LogP contribution in [0.1, 0.15) is 52.4 Å². The van der Waals surface area contributed by atoms with Gasteiger partial charge in [0, 0.05) is 10.8 Å². The number of allylic oxidation sites excluding steroid dienone is 4. The van der Waals surface area contributed by atoms with E-state index in [0.29, 0.717) is 19.3 Å². The van der Waals surface area contributed by atoms with E-state index in [0.717, 1.165) is 5.57 Å². The Kier molecular flexibility index (Phi) is 4.45. The predicted octanol–water partition coefficient (Wildman–Crippen LogP) is 5.79. The smallest absolute Gasteiger partial charge is 0.383 e. The SMILES string of the molecule is C[C@]12C=CC(=O)C(Cl)=C1CC[C@@H]1[C@H]2CC[C@@]2(C)[C@H]1CCC2(O)C(F)(F)C(F)(F)F. The molecule has 0 aromatic heterocycles. The molecule has 1 N–H and O–H groups in total. The van der Waals surface area contributed by atoms with Gasteiger partial charge in [-0.1, -0.05) is 31.5 Å². The van der Waals surface area contributed by atoms with Gasteiger partial charge in [-0.15, -0.1) is 0 Å². The van der Waals surface area contributed by atoms with E-state index in [-0.39, 0.29) is 35.5 Å². The van der Waals surface area contributed by atoms with Crippen molar-refractivity contribution in [1.82, 2.24) is 0 Å². The van der Waals surface area contributed by atoms with Crippen molar-refractivity contribution in [3.05, 3.63) is 22.8 Å². The van der Waals surface area contributed by atoms with Gasteiger partial charge >= 0.3 is 12.1 Å². The molecule has 0 saturated heterocycles. The molecule has 0 aromatic carbocycles. The monoisotopic (exact) mass is 438 g/mol. The van der Waals surface area contributed by atoms with E-state index in [1.807, 2.05) is 13.0 Å². The lowest BCUT2D eigenvalue weighted by Crippen LogP contribution is -2.65. The second-order valence-corrected chi connectivity index (χ2v) is 9.99. The lowest BCUT2D eigenvalue weighted by atomic mass is 9.47. The average Bonchev–Trinajstić information content (AvgIpc) is 2.90. The first kappa shape index (κ1) is 21.3. The van der Waals surface area contributed by atoms with Gasteiger partial charge in [0.05, 0.1) is 5.03 Å². The van der Waals surface area contributed by atoms with Crippen molar-refractivity contribution >= 4 is 17.4 Å². The normalized spacial score (nSPS) is 45.1. The number of carbonyl (C=O) groups is 1. The van der Waals surface area contributed by atoms with Crippen molar-refractivity contribution in [3.8, 4) is 0 Å². The van der Waals surface area contributed by atoms with Crippen molar-refractivity contribution in [3.63, 3.8) is 0 Å². The third-order valence-corrected chi connectivity index (χ3v) is 9.09. The van der Waals surface area contributed by atoms with Crippen LogP contribution in [-0.4, -0.2) is 28.6 Å². The zero-order valence-corrected chi connectivity index (χ0v) is 17.0. The number of ketones is 1. The van der Waals surface area contributed by atoms with E-state index < -0.39 is 40.9 Å². The quantitative estimate of drug-likeness (QED) is 0.526. The van der Waals surface area contributed by atoms with Gasteiger partial charge in [0.2, 0.25) is 0 Å². The van der Waals surface area contributed by atoms with Gasteiger partial charge in [0.1, 0.15) is 5.60 Å². The van der Waals surface area contributed by atoms with E-state index in [9.17, 15) is 31.9 Å². The highest BCUT2D eigenvalue weighted by Crippen LogP contribution is 2.70. The van der Waals surface area contributed by atoms with Crippen LogP contribution in [0.4, 0.5) is 22.0 Å². The number of fused-ring (bicyclic) bond motifs is 5. The number of rotatable bonds is 1. The molecule has 3 saturated carbocycles. The molecule has 0 bridgehead atoms. The summed E-state index contributed by atoms with van der Waals surface area (Å²) in [7, 11) is 0. The largest absolute Gasteiger partial charge is 0.456 e. The van der Waals surface area contributed by atoms with Crippen molar-refractivity contribution in [2.45, 2.75) is 70.1 Å². The van der Waals surface area contributed by atoms with Crippen LogP contribution in [0.15, 0.2) is 22.8 Å². The molecule has 0 amide bonds. The standard InChI is InChI=1S/C21H24ClF5O2/c1-17-8-7-15(28)16(22)14(17)4-3-11-12(17)5-9-18(2)13(11)6-10-19(18,29)20(23,24)21(25,26)27/h7-8,11-13,29H,3-6,9-10H2,1-2H3/t11-,12-,13+,17-,18+,19?/m1/s1. The summed E-state index contributed by atoms with van der Waals surface area (Å²) in [5.74, 6) is -5.98. The Labute approximate surface area is 171 Å². The fraction of sp³-hybridized carbons (Fsp3) is 0.762. The molecule has 2 nitrogen and oxygen atoms in total. The summed E-state index contributed by atoms with van der Waals surface area (Å²) in [4.78, 5) is 12.0. The van der Waals surface area contributed by atoms with Gasteiger partial charge in [0.25, 0.3) is 0 Å². The van der Waals surface area contributed by atoms with Crippen LogP contribution < -0.4 is 0 Å². The molecule has 0 heterocycles. The molecule has 0 aromatic rings. The third-order valence-electron chi connectivity index (χ3n) is 8.67. The second kappa shape index (κ2) is 6.06.